The molecule has 0 fully saturated rings. The Morgan fingerprint density at radius 1 is 1.11 bits per heavy atom. The van der Waals surface area contributed by atoms with Gasteiger partial charge in [-0.05, 0) is 29.3 Å². The normalized spacial score (nSPS) is 13.6. The van der Waals surface area contributed by atoms with E-state index in [2.05, 4.69) is 58.5 Å². The van der Waals surface area contributed by atoms with Crippen LogP contribution in [-0.2, 0) is 19.6 Å². The van der Waals surface area contributed by atoms with E-state index in [1.165, 1.54) is 16.7 Å². The molecule has 0 bridgehead atoms. The zero-order valence-corrected chi connectivity index (χ0v) is 11.3. The van der Waals surface area contributed by atoms with Crippen LogP contribution in [0.2, 0.25) is 0 Å². The second-order valence-electron chi connectivity index (χ2n) is 4.93. The van der Waals surface area contributed by atoms with Gasteiger partial charge >= 0.3 is 0 Å². The Bertz CT molecular complexity index is 523. The fourth-order valence-electron chi connectivity index (χ4n) is 2.47. The molecule has 0 radical (unpaired) electrons. The van der Waals surface area contributed by atoms with E-state index in [-0.39, 0.29) is 0 Å². The summed E-state index contributed by atoms with van der Waals surface area (Å²) < 4.78 is 0. The van der Waals surface area contributed by atoms with Crippen LogP contribution in [0.25, 0.3) is 0 Å². The van der Waals surface area contributed by atoms with E-state index < -0.39 is 0 Å². The monoisotopic (exact) mass is 253 g/mol. The van der Waals surface area contributed by atoms with Crippen LogP contribution in [0, 0.1) is 0 Å². The van der Waals surface area contributed by atoms with Crippen LogP contribution in [0.3, 0.4) is 0 Å². The molecule has 0 unspecified atom stereocenters. The maximum atomic E-state index is 4.58. The maximum absolute atomic E-state index is 4.58. The number of rotatable bonds is 4. The van der Waals surface area contributed by atoms with E-state index in [1.807, 2.05) is 6.20 Å². The summed E-state index contributed by atoms with van der Waals surface area (Å²) >= 11 is 0. The van der Waals surface area contributed by atoms with E-state index in [1.54, 1.807) is 0 Å². The fraction of sp³-hybridized carbons (Fsp3) is 0.312. The van der Waals surface area contributed by atoms with Crippen molar-refractivity contribution in [2.75, 3.05) is 11.4 Å². The van der Waals surface area contributed by atoms with E-state index >= 15 is 0 Å². The zero-order chi connectivity index (χ0) is 13.1. The summed E-state index contributed by atoms with van der Waals surface area (Å²) in [6.07, 6.45) is 1.97. The molecule has 0 saturated heterocycles. The minimum atomic E-state index is 0.893. The van der Waals surface area contributed by atoms with Crippen molar-refractivity contribution in [3.8, 4) is 0 Å². The summed E-state index contributed by atoms with van der Waals surface area (Å²) in [5.74, 6) is 1.07. The van der Waals surface area contributed by atoms with E-state index in [0.717, 1.165) is 32.0 Å². The molecule has 0 aliphatic carbocycles. The first-order valence-corrected chi connectivity index (χ1v) is 6.84. The number of fused-ring (bicyclic) bond motifs is 1. The highest BCUT2D eigenvalue weighted by atomic mass is 15.2. The Hall–Kier alpha value is -1.87. The smallest absolute Gasteiger partial charge is 0.129 e. The molecular weight excluding hydrogens is 234 g/mol. The van der Waals surface area contributed by atoms with Crippen molar-refractivity contribution >= 4 is 5.82 Å². The van der Waals surface area contributed by atoms with Crippen molar-refractivity contribution in [3.63, 3.8) is 0 Å². The molecule has 1 aliphatic rings. The lowest BCUT2D eigenvalue weighted by Gasteiger charge is -2.16. The second kappa shape index (κ2) is 5.41. The highest BCUT2D eigenvalue weighted by Crippen LogP contribution is 2.26. The molecule has 3 heteroatoms. The summed E-state index contributed by atoms with van der Waals surface area (Å²) in [5, 5.41) is 3.31. The van der Waals surface area contributed by atoms with Crippen molar-refractivity contribution in [2.45, 2.75) is 26.6 Å². The summed E-state index contributed by atoms with van der Waals surface area (Å²) in [6, 6.07) is 12.9. The van der Waals surface area contributed by atoms with Gasteiger partial charge in [-0.3, -0.25) is 0 Å². The molecule has 1 aromatic carbocycles. The van der Waals surface area contributed by atoms with Crippen LogP contribution in [0.15, 0.2) is 42.6 Å². The minimum absolute atomic E-state index is 0.893. The van der Waals surface area contributed by atoms with E-state index in [4.69, 9.17) is 0 Å². The lowest BCUT2D eigenvalue weighted by molar-refractivity contribution is 0.723. The van der Waals surface area contributed by atoms with Crippen LogP contribution in [0.4, 0.5) is 5.82 Å². The largest absolute Gasteiger partial charge is 0.348 e. The molecule has 1 N–H and O–H groups in total. The van der Waals surface area contributed by atoms with Crippen LogP contribution < -0.4 is 10.2 Å². The third-order valence-electron chi connectivity index (χ3n) is 3.55. The molecule has 2 aromatic rings. The molecule has 1 aromatic heterocycles. The van der Waals surface area contributed by atoms with Crippen molar-refractivity contribution < 1.29 is 0 Å². The summed E-state index contributed by atoms with van der Waals surface area (Å²) in [4.78, 5) is 6.90. The summed E-state index contributed by atoms with van der Waals surface area (Å²) in [7, 11) is 0. The van der Waals surface area contributed by atoms with Gasteiger partial charge in [0.15, 0.2) is 0 Å². The quantitative estimate of drug-likeness (QED) is 0.908. The Morgan fingerprint density at radius 3 is 2.42 bits per heavy atom. The molecule has 0 amide bonds. The molecular formula is C16H19N3. The molecule has 3 nitrogen and oxygen atoms in total. The summed E-state index contributed by atoms with van der Waals surface area (Å²) in [5.41, 5.74) is 4.07. The fourth-order valence-corrected chi connectivity index (χ4v) is 2.47. The van der Waals surface area contributed by atoms with Gasteiger partial charge < -0.3 is 10.2 Å². The van der Waals surface area contributed by atoms with Gasteiger partial charge in [-0.15, -0.1) is 0 Å². The molecule has 2 heterocycles. The third-order valence-corrected chi connectivity index (χ3v) is 3.55. The van der Waals surface area contributed by atoms with Crippen molar-refractivity contribution in [1.29, 1.82) is 0 Å². The molecule has 3 rings (SSSR count). The van der Waals surface area contributed by atoms with Gasteiger partial charge in [0.25, 0.3) is 0 Å². The number of nitrogens with zero attached hydrogens (tertiary/aromatic N) is 2. The number of aromatic nitrogens is 1. The lowest BCUT2D eigenvalue weighted by Crippen LogP contribution is -2.16. The third kappa shape index (κ3) is 2.61. The first-order chi connectivity index (χ1) is 9.36. The first kappa shape index (κ1) is 12.2. The van der Waals surface area contributed by atoms with Gasteiger partial charge in [-0.1, -0.05) is 37.3 Å². The van der Waals surface area contributed by atoms with E-state index in [0.29, 0.717) is 0 Å². The zero-order valence-electron chi connectivity index (χ0n) is 11.3. The number of hydrogen-bond donors (Lipinski definition) is 1. The minimum Gasteiger partial charge on any atom is -0.348 e. The SMILES string of the molecule is CCNCc1ccc(N2Cc3ccccc3C2)nc1. The predicted molar refractivity (Wildman–Crippen MR) is 77.9 cm³/mol. The average Bonchev–Trinajstić information content (AvgIpc) is 2.89. The van der Waals surface area contributed by atoms with Gasteiger partial charge in [0, 0.05) is 25.8 Å². The molecule has 0 saturated carbocycles. The maximum Gasteiger partial charge on any atom is 0.129 e. The molecule has 0 spiro atoms. The van der Waals surface area contributed by atoms with Crippen molar-refractivity contribution in [3.05, 3.63) is 59.3 Å². The highest BCUT2D eigenvalue weighted by Gasteiger charge is 2.19. The standard InChI is InChI=1S/C16H19N3/c1-2-17-9-13-7-8-16(18-10-13)19-11-14-5-3-4-6-15(14)12-19/h3-8,10,17H,2,9,11-12H2,1H3. The van der Waals surface area contributed by atoms with Crippen LogP contribution in [0.5, 0.6) is 0 Å². The van der Waals surface area contributed by atoms with Crippen LogP contribution in [0.1, 0.15) is 23.6 Å². The number of pyridine rings is 1. The van der Waals surface area contributed by atoms with Gasteiger partial charge in [0.1, 0.15) is 5.82 Å². The topological polar surface area (TPSA) is 28.2 Å². The number of nitrogens with one attached hydrogen (secondary N) is 1. The Kier molecular flexibility index (Phi) is 3.47. The van der Waals surface area contributed by atoms with Crippen molar-refractivity contribution in [2.24, 2.45) is 0 Å². The Labute approximate surface area is 114 Å². The molecule has 19 heavy (non-hydrogen) atoms. The number of hydrogen-bond acceptors (Lipinski definition) is 3. The predicted octanol–water partition coefficient (Wildman–Crippen LogP) is 2.71. The molecule has 1 aliphatic heterocycles. The Balaban J connectivity index is 1.71. The van der Waals surface area contributed by atoms with Gasteiger partial charge in [0.2, 0.25) is 0 Å². The number of benzene rings is 1. The van der Waals surface area contributed by atoms with Crippen LogP contribution in [-0.4, -0.2) is 11.5 Å². The lowest BCUT2D eigenvalue weighted by atomic mass is 10.1. The summed E-state index contributed by atoms with van der Waals surface area (Å²) in [6.45, 7) is 5.93. The second-order valence-corrected chi connectivity index (χ2v) is 4.93. The molecule has 0 atom stereocenters. The van der Waals surface area contributed by atoms with E-state index in [9.17, 15) is 0 Å². The van der Waals surface area contributed by atoms with Crippen LogP contribution >= 0.6 is 0 Å². The first-order valence-electron chi connectivity index (χ1n) is 6.84. The number of anilines is 1. The van der Waals surface area contributed by atoms with Gasteiger partial charge in [-0.2, -0.15) is 0 Å². The molecule has 98 valence electrons. The highest BCUT2D eigenvalue weighted by molar-refractivity contribution is 5.47. The van der Waals surface area contributed by atoms with Gasteiger partial charge in [-0.25, -0.2) is 4.98 Å². The average molecular weight is 253 g/mol. The van der Waals surface area contributed by atoms with Gasteiger partial charge in [0.05, 0.1) is 0 Å². The van der Waals surface area contributed by atoms with Crippen molar-refractivity contribution in [1.82, 2.24) is 10.3 Å². The Morgan fingerprint density at radius 2 is 1.84 bits per heavy atom.